The highest BCUT2D eigenvalue weighted by Crippen LogP contribution is 2.22. The zero-order valence-corrected chi connectivity index (χ0v) is 8.96. The van der Waals surface area contributed by atoms with Gasteiger partial charge in [-0.25, -0.2) is 0 Å². The average molecular weight is 199 g/mol. The summed E-state index contributed by atoms with van der Waals surface area (Å²) in [5.41, 5.74) is 0. The van der Waals surface area contributed by atoms with Crippen LogP contribution in [0.15, 0.2) is 0 Å². The van der Waals surface area contributed by atoms with Crippen molar-refractivity contribution in [3.05, 3.63) is 0 Å². The van der Waals surface area contributed by atoms with Crippen molar-refractivity contribution < 1.29 is 9.90 Å². The molecule has 82 valence electrons. The van der Waals surface area contributed by atoms with Gasteiger partial charge in [0.25, 0.3) is 0 Å². The van der Waals surface area contributed by atoms with E-state index in [1.54, 1.807) is 0 Å². The molecule has 0 spiro atoms. The molecule has 14 heavy (non-hydrogen) atoms. The van der Waals surface area contributed by atoms with Crippen LogP contribution in [0.5, 0.6) is 0 Å². The molecule has 1 saturated carbocycles. The van der Waals surface area contributed by atoms with E-state index in [9.17, 15) is 4.79 Å². The highest BCUT2D eigenvalue weighted by atomic mass is 16.4. The summed E-state index contributed by atoms with van der Waals surface area (Å²) in [7, 11) is 2.00. The lowest BCUT2D eigenvalue weighted by molar-refractivity contribution is -0.142. The van der Waals surface area contributed by atoms with Gasteiger partial charge in [-0.3, -0.25) is 4.79 Å². The molecule has 2 unspecified atom stereocenters. The molecule has 0 aromatic rings. The van der Waals surface area contributed by atoms with Crippen LogP contribution < -0.4 is 5.32 Å². The third-order valence-electron chi connectivity index (χ3n) is 3.22. The van der Waals surface area contributed by atoms with Gasteiger partial charge in [0.15, 0.2) is 0 Å². The smallest absolute Gasteiger partial charge is 0.306 e. The van der Waals surface area contributed by atoms with E-state index in [0.29, 0.717) is 6.04 Å². The predicted molar refractivity (Wildman–Crippen MR) is 56.3 cm³/mol. The minimum absolute atomic E-state index is 0.0920. The van der Waals surface area contributed by atoms with Crippen LogP contribution in [0.1, 0.15) is 44.9 Å². The van der Waals surface area contributed by atoms with Gasteiger partial charge in [0.1, 0.15) is 0 Å². The molecular formula is C11H21NO2. The molecule has 1 aliphatic carbocycles. The van der Waals surface area contributed by atoms with Crippen molar-refractivity contribution >= 4 is 5.97 Å². The van der Waals surface area contributed by atoms with Gasteiger partial charge in [-0.05, 0) is 32.7 Å². The lowest BCUT2D eigenvalue weighted by Gasteiger charge is -2.14. The number of carboxylic acids is 1. The standard InChI is InChI=1S/C11H21NO2/c1-12-10-7-3-2-5-9(11(13)14)6-4-8-10/h9-10,12H,2-8H2,1H3,(H,13,14). The molecule has 0 amide bonds. The van der Waals surface area contributed by atoms with Gasteiger partial charge in [-0.15, -0.1) is 0 Å². The normalized spacial score (nSPS) is 30.1. The Labute approximate surface area is 85.9 Å². The molecule has 0 bridgehead atoms. The maximum Gasteiger partial charge on any atom is 0.306 e. The second kappa shape index (κ2) is 6.02. The number of hydrogen-bond acceptors (Lipinski definition) is 2. The third-order valence-corrected chi connectivity index (χ3v) is 3.22. The van der Waals surface area contributed by atoms with Crippen LogP contribution in [0, 0.1) is 5.92 Å². The van der Waals surface area contributed by atoms with Crippen molar-refractivity contribution in [1.82, 2.24) is 5.32 Å². The maximum absolute atomic E-state index is 10.9. The summed E-state index contributed by atoms with van der Waals surface area (Å²) >= 11 is 0. The van der Waals surface area contributed by atoms with Crippen LogP contribution in [0.25, 0.3) is 0 Å². The van der Waals surface area contributed by atoms with Gasteiger partial charge >= 0.3 is 5.97 Å². The molecular weight excluding hydrogens is 178 g/mol. The molecule has 1 rings (SSSR count). The maximum atomic E-state index is 10.9. The fourth-order valence-electron chi connectivity index (χ4n) is 2.22. The third kappa shape index (κ3) is 3.66. The van der Waals surface area contributed by atoms with Crippen molar-refractivity contribution in [3.8, 4) is 0 Å². The van der Waals surface area contributed by atoms with Gasteiger partial charge in [-0.1, -0.05) is 19.3 Å². The van der Waals surface area contributed by atoms with E-state index in [2.05, 4.69) is 5.32 Å². The molecule has 1 fully saturated rings. The Morgan fingerprint density at radius 3 is 2.36 bits per heavy atom. The van der Waals surface area contributed by atoms with Crippen LogP contribution in [0.2, 0.25) is 0 Å². The van der Waals surface area contributed by atoms with Crippen LogP contribution in [0.3, 0.4) is 0 Å². The molecule has 3 heteroatoms. The fraction of sp³-hybridized carbons (Fsp3) is 0.909. The lowest BCUT2D eigenvalue weighted by atomic mass is 9.97. The van der Waals surface area contributed by atoms with E-state index in [0.717, 1.165) is 38.5 Å². The number of rotatable bonds is 2. The van der Waals surface area contributed by atoms with E-state index in [1.165, 1.54) is 6.42 Å². The zero-order chi connectivity index (χ0) is 10.4. The van der Waals surface area contributed by atoms with E-state index in [1.807, 2.05) is 7.05 Å². The first-order valence-electron chi connectivity index (χ1n) is 5.64. The lowest BCUT2D eigenvalue weighted by Crippen LogP contribution is -2.24. The molecule has 2 atom stereocenters. The van der Waals surface area contributed by atoms with Crippen molar-refractivity contribution in [2.24, 2.45) is 5.92 Å². The summed E-state index contributed by atoms with van der Waals surface area (Å²) in [6.45, 7) is 0. The first kappa shape index (κ1) is 11.5. The average Bonchev–Trinajstić information content (AvgIpc) is 2.28. The summed E-state index contributed by atoms with van der Waals surface area (Å²) in [6, 6.07) is 0.600. The number of aliphatic carboxylic acids is 1. The molecule has 3 nitrogen and oxygen atoms in total. The highest BCUT2D eigenvalue weighted by Gasteiger charge is 2.19. The number of carbonyl (C=O) groups is 1. The van der Waals surface area contributed by atoms with E-state index in [-0.39, 0.29) is 5.92 Å². The SMILES string of the molecule is CNC1CCCCC(C(=O)O)CCC1. The zero-order valence-electron chi connectivity index (χ0n) is 8.96. The molecule has 1 aliphatic rings. The van der Waals surface area contributed by atoms with Crippen LogP contribution in [-0.2, 0) is 4.79 Å². The molecule has 0 saturated heterocycles. The van der Waals surface area contributed by atoms with Crippen molar-refractivity contribution in [2.45, 2.75) is 51.0 Å². The monoisotopic (exact) mass is 199 g/mol. The van der Waals surface area contributed by atoms with Gasteiger partial charge in [-0.2, -0.15) is 0 Å². The Morgan fingerprint density at radius 1 is 1.14 bits per heavy atom. The van der Waals surface area contributed by atoms with Gasteiger partial charge in [0.05, 0.1) is 5.92 Å². The van der Waals surface area contributed by atoms with Crippen molar-refractivity contribution in [2.75, 3.05) is 7.05 Å². The summed E-state index contributed by atoms with van der Waals surface area (Å²) in [6.07, 6.45) is 7.31. The second-order valence-electron chi connectivity index (χ2n) is 4.24. The fourth-order valence-corrected chi connectivity index (χ4v) is 2.22. The molecule has 0 heterocycles. The van der Waals surface area contributed by atoms with Crippen LogP contribution >= 0.6 is 0 Å². The van der Waals surface area contributed by atoms with E-state index in [4.69, 9.17) is 5.11 Å². The van der Waals surface area contributed by atoms with E-state index < -0.39 is 5.97 Å². The minimum atomic E-state index is -0.604. The number of nitrogens with one attached hydrogen (secondary N) is 1. The molecule has 0 aromatic heterocycles. The Hall–Kier alpha value is -0.570. The van der Waals surface area contributed by atoms with Crippen LogP contribution in [0.4, 0.5) is 0 Å². The Balaban J connectivity index is 2.39. The van der Waals surface area contributed by atoms with Crippen molar-refractivity contribution in [3.63, 3.8) is 0 Å². The quantitative estimate of drug-likeness (QED) is 0.715. The first-order chi connectivity index (χ1) is 6.74. The summed E-state index contributed by atoms with van der Waals surface area (Å²) in [5, 5.41) is 12.3. The van der Waals surface area contributed by atoms with Gasteiger partial charge in [0.2, 0.25) is 0 Å². The summed E-state index contributed by atoms with van der Waals surface area (Å²) < 4.78 is 0. The van der Waals surface area contributed by atoms with Crippen LogP contribution in [-0.4, -0.2) is 24.2 Å². The first-order valence-corrected chi connectivity index (χ1v) is 5.64. The summed E-state index contributed by atoms with van der Waals surface area (Å²) in [5.74, 6) is -0.696. The van der Waals surface area contributed by atoms with E-state index >= 15 is 0 Å². The Kier molecular flexibility index (Phi) is 4.94. The largest absolute Gasteiger partial charge is 0.481 e. The Morgan fingerprint density at radius 2 is 1.71 bits per heavy atom. The second-order valence-corrected chi connectivity index (χ2v) is 4.24. The molecule has 0 aromatic carbocycles. The minimum Gasteiger partial charge on any atom is -0.481 e. The molecule has 0 aliphatic heterocycles. The number of carboxylic acid groups (broad SMARTS) is 1. The van der Waals surface area contributed by atoms with Gasteiger partial charge < -0.3 is 10.4 Å². The topological polar surface area (TPSA) is 49.3 Å². The molecule has 0 radical (unpaired) electrons. The van der Waals surface area contributed by atoms with Gasteiger partial charge in [0, 0.05) is 6.04 Å². The van der Waals surface area contributed by atoms with Crippen molar-refractivity contribution in [1.29, 1.82) is 0 Å². The summed E-state index contributed by atoms with van der Waals surface area (Å²) in [4.78, 5) is 10.9. The highest BCUT2D eigenvalue weighted by molar-refractivity contribution is 5.69. The molecule has 2 N–H and O–H groups in total. The Bertz CT molecular complexity index is 182. The number of hydrogen-bond donors (Lipinski definition) is 2. The predicted octanol–water partition coefficient (Wildman–Crippen LogP) is 2.02.